The van der Waals surface area contributed by atoms with E-state index in [2.05, 4.69) is 24.5 Å². The van der Waals surface area contributed by atoms with E-state index in [9.17, 15) is 4.79 Å². The zero-order valence-corrected chi connectivity index (χ0v) is 11.9. The van der Waals surface area contributed by atoms with Crippen LogP contribution in [0.1, 0.15) is 19.2 Å². The number of hydrogen-bond acceptors (Lipinski definition) is 4. The molecule has 0 aliphatic rings. The fourth-order valence-electron chi connectivity index (χ4n) is 1.88. The Kier molecular flexibility index (Phi) is 4.27. The van der Waals surface area contributed by atoms with Crippen LogP contribution in [0.4, 0.5) is 0 Å². The number of nitrogens with zero attached hydrogens (tertiary/aromatic N) is 2. The first kappa shape index (κ1) is 13.7. The topological polar surface area (TPSA) is 44.1 Å². The van der Waals surface area contributed by atoms with E-state index in [-0.39, 0.29) is 5.56 Å². The molecule has 0 N–H and O–H groups in total. The SMILES string of the molecule is CCCc1ncc(S)c(=O)n1-c1ccc(OC)cc1. The van der Waals surface area contributed by atoms with Crippen molar-refractivity contribution in [2.24, 2.45) is 0 Å². The summed E-state index contributed by atoms with van der Waals surface area (Å²) in [6.45, 7) is 2.05. The minimum Gasteiger partial charge on any atom is -0.497 e. The number of aromatic nitrogens is 2. The van der Waals surface area contributed by atoms with Gasteiger partial charge in [-0.25, -0.2) is 4.98 Å². The van der Waals surface area contributed by atoms with Crippen LogP contribution in [0.25, 0.3) is 5.69 Å². The van der Waals surface area contributed by atoms with Gasteiger partial charge in [-0.1, -0.05) is 6.92 Å². The number of thiol groups is 1. The van der Waals surface area contributed by atoms with Crippen LogP contribution < -0.4 is 10.3 Å². The molecule has 0 radical (unpaired) electrons. The van der Waals surface area contributed by atoms with E-state index in [1.807, 2.05) is 24.3 Å². The molecule has 4 nitrogen and oxygen atoms in total. The summed E-state index contributed by atoms with van der Waals surface area (Å²) in [4.78, 5) is 16.9. The Bertz CT molecular complexity index is 620. The molecule has 2 aromatic rings. The van der Waals surface area contributed by atoms with Crippen molar-refractivity contribution in [1.29, 1.82) is 0 Å². The number of aryl methyl sites for hydroxylation is 1. The molecule has 0 aliphatic carbocycles. The molecule has 5 heteroatoms. The number of hydrogen-bond donors (Lipinski definition) is 1. The van der Waals surface area contributed by atoms with Gasteiger partial charge in [0.05, 0.1) is 17.7 Å². The van der Waals surface area contributed by atoms with E-state index in [0.717, 1.165) is 30.1 Å². The van der Waals surface area contributed by atoms with Crippen molar-refractivity contribution in [3.63, 3.8) is 0 Å². The quantitative estimate of drug-likeness (QED) is 0.873. The summed E-state index contributed by atoms with van der Waals surface area (Å²) in [6.07, 6.45) is 3.18. The molecule has 19 heavy (non-hydrogen) atoms. The van der Waals surface area contributed by atoms with Crippen molar-refractivity contribution in [1.82, 2.24) is 9.55 Å². The summed E-state index contributed by atoms with van der Waals surface area (Å²) in [7, 11) is 1.61. The molecule has 100 valence electrons. The molecular weight excluding hydrogens is 260 g/mol. The molecule has 0 saturated heterocycles. The Hall–Kier alpha value is -1.75. The van der Waals surface area contributed by atoms with Crippen LogP contribution in [0.2, 0.25) is 0 Å². The van der Waals surface area contributed by atoms with Crippen LogP contribution in [0, 0.1) is 0 Å². The van der Waals surface area contributed by atoms with Crippen LogP contribution in [0.3, 0.4) is 0 Å². The highest BCUT2D eigenvalue weighted by Gasteiger charge is 2.09. The van der Waals surface area contributed by atoms with Gasteiger partial charge in [-0.05, 0) is 30.7 Å². The van der Waals surface area contributed by atoms with Gasteiger partial charge in [-0.3, -0.25) is 9.36 Å². The summed E-state index contributed by atoms with van der Waals surface area (Å²) in [5.41, 5.74) is 0.629. The third kappa shape index (κ3) is 2.81. The predicted octanol–water partition coefficient (Wildman–Crippen LogP) is 2.48. The Balaban J connectivity index is 2.58. The molecule has 0 spiro atoms. The molecule has 0 amide bonds. The third-order valence-electron chi connectivity index (χ3n) is 2.82. The summed E-state index contributed by atoms with van der Waals surface area (Å²) >= 11 is 4.15. The van der Waals surface area contributed by atoms with Crippen LogP contribution in [0.5, 0.6) is 5.75 Å². The minimum atomic E-state index is -0.146. The maximum Gasteiger partial charge on any atom is 0.271 e. The number of ether oxygens (including phenoxy) is 1. The zero-order valence-electron chi connectivity index (χ0n) is 11.0. The van der Waals surface area contributed by atoms with Crippen molar-refractivity contribution < 1.29 is 4.74 Å². The van der Waals surface area contributed by atoms with E-state index in [4.69, 9.17) is 4.74 Å². The molecule has 0 saturated carbocycles. The van der Waals surface area contributed by atoms with Gasteiger partial charge in [0.1, 0.15) is 11.6 Å². The van der Waals surface area contributed by atoms with E-state index in [0.29, 0.717) is 4.90 Å². The number of methoxy groups -OCH3 is 1. The average molecular weight is 276 g/mol. The summed E-state index contributed by atoms with van der Waals surface area (Å²) in [5, 5.41) is 0. The van der Waals surface area contributed by atoms with Crippen molar-refractivity contribution in [2.45, 2.75) is 24.7 Å². The first-order chi connectivity index (χ1) is 9.17. The second kappa shape index (κ2) is 5.93. The third-order valence-corrected chi connectivity index (χ3v) is 3.13. The standard InChI is InChI=1S/C14H16N2O2S/c1-3-4-13-15-9-12(19)14(17)16(13)10-5-7-11(18-2)8-6-10/h5-9,19H,3-4H2,1-2H3. The largest absolute Gasteiger partial charge is 0.497 e. The van der Waals surface area contributed by atoms with E-state index < -0.39 is 0 Å². The van der Waals surface area contributed by atoms with Crippen molar-refractivity contribution in [3.8, 4) is 11.4 Å². The minimum absolute atomic E-state index is 0.146. The molecule has 1 aromatic carbocycles. The highest BCUT2D eigenvalue weighted by molar-refractivity contribution is 7.80. The Morgan fingerprint density at radius 1 is 1.32 bits per heavy atom. The average Bonchev–Trinajstić information content (AvgIpc) is 2.44. The monoisotopic (exact) mass is 276 g/mol. The van der Waals surface area contributed by atoms with Gasteiger partial charge in [0.2, 0.25) is 0 Å². The first-order valence-electron chi connectivity index (χ1n) is 6.11. The van der Waals surface area contributed by atoms with Crippen LogP contribution in [0.15, 0.2) is 40.2 Å². The number of rotatable bonds is 4. The number of benzene rings is 1. The Morgan fingerprint density at radius 3 is 2.58 bits per heavy atom. The molecule has 1 heterocycles. The fraction of sp³-hybridized carbons (Fsp3) is 0.286. The Morgan fingerprint density at radius 2 is 2.00 bits per heavy atom. The van der Waals surface area contributed by atoms with Crippen molar-refractivity contribution in [2.75, 3.05) is 7.11 Å². The van der Waals surface area contributed by atoms with Gasteiger partial charge in [0.15, 0.2) is 0 Å². The van der Waals surface area contributed by atoms with Gasteiger partial charge in [-0.2, -0.15) is 0 Å². The van der Waals surface area contributed by atoms with E-state index in [1.165, 1.54) is 6.20 Å². The summed E-state index contributed by atoms with van der Waals surface area (Å²) in [6, 6.07) is 7.33. The second-order valence-corrected chi connectivity index (χ2v) is 4.63. The lowest BCUT2D eigenvalue weighted by molar-refractivity contribution is 0.414. The van der Waals surface area contributed by atoms with Crippen LogP contribution in [-0.4, -0.2) is 16.7 Å². The van der Waals surface area contributed by atoms with Gasteiger partial charge in [-0.15, -0.1) is 12.6 Å². The van der Waals surface area contributed by atoms with Crippen LogP contribution in [-0.2, 0) is 6.42 Å². The van der Waals surface area contributed by atoms with Crippen molar-refractivity contribution >= 4 is 12.6 Å². The lowest BCUT2D eigenvalue weighted by Gasteiger charge is -2.12. The molecule has 0 bridgehead atoms. The predicted molar refractivity (Wildman–Crippen MR) is 77.6 cm³/mol. The molecule has 0 fully saturated rings. The highest BCUT2D eigenvalue weighted by Crippen LogP contribution is 2.15. The second-order valence-electron chi connectivity index (χ2n) is 4.15. The van der Waals surface area contributed by atoms with Crippen molar-refractivity contribution in [3.05, 3.63) is 46.6 Å². The fourth-order valence-corrected chi connectivity index (χ4v) is 2.04. The van der Waals surface area contributed by atoms with Gasteiger partial charge < -0.3 is 4.74 Å². The zero-order chi connectivity index (χ0) is 13.8. The summed E-state index contributed by atoms with van der Waals surface area (Å²) in [5.74, 6) is 1.50. The molecule has 1 aromatic heterocycles. The molecule has 0 unspecified atom stereocenters. The lowest BCUT2D eigenvalue weighted by atomic mass is 10.2. The molecular formula is C14H16N2O2S. The molecule has 0 atom stereocenters. The van der Waals surface area contributed by atoms with Gasteiger partial charge in [0, 0.05) is 12.6 Å². The maximum atomic E-state index is 12.2. The van der Waals surface area contributed by atoms with Gasteiger partial charge in [0.25, 0.3) is 5.56 Å². The Labute approximate surface area is 117 Å². The highest BCUT2D eigenvalue weighted by atomic mass is 32.1. The first-order valence-corrected chi connectivity index (χ1v) is 6.56. The molecule has 2 rings (SSSR count). The normalized spacial score (nSPS) is 10.5. The van der Waals surface area contributed by atoms with Crippen LogP contribution >= 0.6 is 12.6 Å². The molecule has 0 aliphatic heterocycles. The van der Waals surface area contributed by atoms with E-state index >= 15 is 0 Å². The maximum absolute atomic E-state index is 12.2. The summed E-state index contributed by atoms with van der Waals surface area (Å²) < 4.78 is 6.72. The van der Waals surface area contributed by atoms with Gasteiger partial charge >= 0.3 is 0 Å². The van der Waals surface area contributed by atoms with E-state index in [1.54, 1.807) is 11.7 Å². The smallest absolute Gasteiger partial charge is 0.271 e. The lowest BCUT2D eigenvalue weighted by Crippen LogP contribution is -2.24.